The van der Waals surface area contributed by atoms with E-state index < -0.39 is 30.6 Å². The van der Waals surface area contributed by atoms with Crippen LogP contribution in [0.25, 0.3) is 0 Å². The van der Waals surface area contributed by atoms with Crippen LogP contribution in [0.2, 0.25) is 0 Å². The van der Waals surface area contributed by atoms with Crippen LogP contribution in [0, 0.1) is 17.8 Å². The van der Waals surface area contributed by atoms with Crippen molar-refractivity contribution in [1.82, 2.24) is 5.32 Å². The van der Waals surface area contributed by atoms with Crippen LogP contribution in [0.5, 0.6) is 0 Å². The van der Waals surface area contributed by atoms with Crippen LogP contribution in [-0.4, -0.2) is 59.4 Å². The molecule has 0 aliphatic carbocycles. The predicted molar refractivity (Wildman–Crippen MR) is 117 cm³/mol. The van der Waals surface area contributed by atoms with Crippen molar-refractivity contribution in [2.45, 2.75) is 116 Å². The molecule has 1 amide bonds. The van der Waals surface area contributed by atoms with E-state index in [-0.39, 0.29) is 17.9 Å². The zero-order valence-electron chi connectivity index (χ0n) is 19.3. The van der Waals surface area contributed by atoms with Crippen LogP contribution >= 0.6 is 0 Å². The van der Waals surface area contributed by atoms with Crippen molar-refractivity contribution in [3.8, 4) is 0 Å². The second-order valence-corrected chi connectivity index (χ2v) is 9.55. The molecule has 0 saturated carbocycles. The summed E-state index contributed by atoms with van der Waals surface area (Å²) in [6, 6.07) is -0.841. The van der Waals surface area contributed by atoms with Crippen molar-refractivity contribution in [3.05, 3.63) is 0 Å². The maximum Gasteiger partial charge on any atom is 0.225 e. The highest BCUT2D eigenvalue weighted by Gasteiger charge is 2.43. The fraction of sp³-hybridized carbons (Fsp3) is 0.957. The van der Waals surface area contributed by atoms with Gasteiger partial charge in [0, 0.05) is 6.54 Å². The van der Waals surface area contributed by atoms with Gasteiger partial charge in [-0.25, -0.2) is 0 Å². The second kappa shape index (κ2) is 12.3. The monoisotopic (exact) mass is 428 g/mol. The summed E-state index contributed by atoms with van der Waals surface area (Å²) in [5.74, 6) is 0.903. The third-order valence-electron chi connectivity index (χ3n) is 7.10. The predicted octanol–water partition coefficient (Wildman–Crippen LogP) is 2.32. The third kappa shape index (κ3) is 7.16. The van der Waals surface area contributed by atoms with Crippen LogP contribution in [0.15, 0.2) is 0 Å². The minimum atomic E-state index is -1.14. The molecule has 0 radical (unpaired) electrons. The summed E-state index contributed by atoms with van der Waals surface area (Å²) >= 11 is 0. The minimum Gasteiger partial charge on any atom is -0.389 e. The maximum absolute atomic E-state index is 12.8. The van der Waals surface area contributed by atoms with Crippen molar-refractivity contribution >= 4 is 5.91 Å². The van der Waals surface area contributed by atoms with E-state index in [9.17, 15) is 15.0 Å². The van der Waals surface area contributed by atoms with E-state index in [0.29, 0.717) is 18.9 Å². The first-order valence-electron chi connectivity index (χ1n) is 11.9. The van der Waals surface area contributed by atoms with Crippen LogP contribution < -0.4 is 11.1 Å². The van der Waals surface area contributed by atoms with Gasteiger partial charge >= 0.3 is 0 Å². The normalized spacial score (nSPS) is 42.9. The molecule has 0 aromatic heterocycles. The lowest BCUT2D eigenvalue weighted by molar-refractivity contribution is -0.284. The maximum atomic E-state index is 12.8. The first-order chi connectivity index (χ1) is 14.2. The molecule has 5 N–H and O–H groups in total. The van der Waals surface area contributed by atoms with Gasteiger partial charge in [-0.1, -0.05) is 46.5 Å². The van der Waals surface area contributed by atoms with Gasteiger partial charge in [0.15, 0.2) is 6.29 Å². The third-order valence-corrected chi connectivity index (χ3v) is 7.10. The van der Waals surface area contributed by atoms with Gasteiger partial charge in [0.05, 0.1) is 30.3 Å². The van der Waals surface area contributed by atoms with Crippen molar-refractivity contribution in [1.29, 1.82) is 0 Å². The molecule has 2 saturated heterocycles. The van der Waals surface area contributed by atoms with Gasteiger partial charge in [-0.15, -0.1) is 0 Å². The molecule has 0 spiro atoms. The van der Waals surface area contributed by atoms with Gasteiger partial charge in [-0.05, 0) is 44.4 Å². The fourth-order valence-electron chi connectivity index (χ4n) is 4.62. The van der Waals surface area contributed by atoms with Crippen LogP contribution in [0.3, 0.4) is 0 Å². The van der Waals surface area contributed by atoms with Crippen LogP contribution in [-0.2, 0) is 14.3 Å². The van der Waals surface area contributed by atoms with Crippen molar-refractivity contribution in [3.63, 3.8) is 0 Å². The number of carbonyl (C=O) groups is 1. The molecule has 0 bridgehead atoms. The Morgan fingerprint density at radius 3 is 2.47 bits per heavy atom. The Hall–Kier alpha value is -0.730. The first kappa shape index (κ1) is 25.5. The number of nitrogens with two attached hydrogens (primary N) is 1. The average Bonchev–Trinajstić information content (AvgIpc) is 2.73. The Morgan fingerprint density at radius 2 is 1.77 bits per heavy atom. The Bertz CT molecular complexity index is 520. The van der Waals surface area contributed by atoms with Gasteiger partial charge in [-0.3, -0.25) is 4.79 Å². The molecule has 9 atom stereocenters. The number of amides is 1. The molecule has 30 heavy (non-hydrogen) atoms. The van der Waals surface area contributed by atoms with Gasteiger partial charge in [0.25, 0.3) is 0 Å². The topological polar surface area (TPSA) is 114 Å². The number of hydrogen-bond acceptors (Lipinski definition) is 6. The standard InChI is InChI=1S/C23H44N2O5/c1-5-17-9-6-8-14(2)11-12-18(15(3)22(28)25-13-7-10-17)30-23-21(27)19(24)20(26)16(4)29-23/h14-21,23,26-27H,5-13,24H2,1-4H3,(H,25,28)/t14?,15?,16-,17?,18?,19+,20+,21+,23-/m0/s1. The minimum absolute atomic E-state index is 0.0274. The van der Waals surface area contributed by atoms with E-state index in [1.807, 2.05) is 6.92 Å². The SMILES string of the molecule is CCC1CCCNC(=O)C(C)C(O[C@@H]2O[C@@H](C)[C@@H](O)[C@@H](N)[C@H]2O)CCC(C)CCC1. The molecule has 7 nitrogen and oxygen atoms in total. The Morgan fingerprint density at radius 1 is 1.07 bits per heavy atom. The number of aliphatic hydroxyl groups is 2. The zero-order chi connectivity index (χ0) is 22.3. The summed E-state index contributed by atoms with van der Waals surface area (Å²) in [4.78, 5) is 12.8. The molecule has 2 rings (SSSR count). The smallest absolute Gasteiger partial charge is 0.225 e. The van der Waals surface area contributed by atoms with E-state index in [1.54, 1.807) is 6.92 Å². The van der Waals surface area contributed by atoms with E-state index in [2.05, 4.69) is 19.2 Å². The average molecular weight is 429 g/mol. The zero-order valence-corrected chi connectivity index (χ0v) is 19.3. The molecule has 0 aromatic rings. The Labute approximate surface area is 182 Å². The van der Waals surface area contributed by atoms with Crippen LogP contribution in [0.4, 0.5) is 0 Å². The summed E-state index contributed by atoms with van der Waals surface area (Å²) in [5.41, 5.74) is 5.95. The molecule has 2 aliphatic heterocycles. The van der Waals surface area contributed by atoms with Crippen LogP contribution in [0.1, 0.15) is 79.1 Å². The highest BCUT2D eigenvalue weighted by molar-refractivity contribution is 5.78. The van der Waals surface area contributed by atoms with E-state index in [4.69, 9.17) is 15.2 Å². The highest BCUT2D eigenvalue weighted by Crippen LogP contribution is 2.28. The molecule has 4 unspecified atom stereocenters. The van der Waals surface area contributed by atoms with Crippen molar-refractivity contribution in [2.24, 2.45) is 23.5 Å². The molecule has 0 aromatic carbocycles. The van der Waals surface area contributed by atoms with E-state index in [1.165, 1.54) is 25.7 Å². The van der Waals surface area contributed by atoms with Gasteiger partial charge in [0.2, 0.25) is 5.91 Å². The molecule has 2 aliphatic rings. The molecule has 7 heteroatoms. The summed E-state index contributed by atoms with van der Waals surface area (Å²) in [7, 11) is 0. The lowest BCUT2D eigenvalue weighted by atomic mass is 9.88. The fourth-order valence-corrected chi connectivity index (χ4v) is 4.62. The molecule has 2 heterocycles. The van der Waals surface area contributed by atoms with Gasteiger partial charge < -0.3 is 30.7 Å². The lowest BCUT2D eigenvalue weighted by Crippen LogP contribution is -2.62. The molecule has 176 valence electrons. The number of aliphatic hydroxyl groups excluding tert-OH is 2. The quantitative estimate of drug-likeness (QED) is 0.549. The highest BCUT2D eigenvalue weighted by atomic mass is 16.7. The number of hydrogen-bond donors (Lipinski definition) is 4. The Balaban J connectivity index is 2.05. The van der Waals surface area contributed by atoms with Gasteiger partial charge in [-0.2, -0.15) is 0 Å². The molecular weight excluding hydrogens is 384 g/mol. The van der Waals surface area contributed by atoms with E-state index >= 15 is 0 Å². The lowest BCUT2D eigenvalue weighted by Gasteiger charge is -2.41. The molecule has 2 fully saturated rings. The number of rotatable bonds is 3. The summed E-state index contributed by atoms with van der Waals surface area (Å²) < 4.78 is 11.8. The molecular formula is C23H44N2O5. The van der Waals surface area contributed by atoms with Gasteiger partial charge in [0.1, 0.15) is 6.10 Å². The summed E-state index contributed by atoms with van der Waals surface area (Å²) in [6.45, 7) is 8.78. The van der Waals surface area contributed by atoms with E-state index in [0.717, 1.165) is 25.2 Å². The Kier molecular flexibility index (Phi) is 10.5. The largest absolute Gasteiger partial charge is 0.389 e. The van der Waals surface area contributed by atoms with Crippen molar-refractivity contribution < 1.29 is 24.5 Å². The summed E-state index contributed by atoms with van der Waals surface area (Å²) in [5, 5.41) is 23.5. The first-order valence-corrected chi connectivity index (χ1v) is 11.9. The number of carbonyl (C=O) groups excluding carboxylic acids is 1. The summed E-state index contributed by atoms with van der Waals surface area (Å²) in [6.07, 6.45) is 4.73. The second-order valence-electron chi connectivity index (χ2n) is 9.55. The number of nitrogens with one attached hydrogen (secondary N) is 1. The number of ether oxygens (including phenoxy) is 2. The van der Waals surface area contributed by atoms with Crippen molar-refractivity contribution in [2.75, 3.05) is 6.54 Å².